The summed E-state index contributed by atoms with van der Waals surface area (Å²) in [5, 5.41) is 11.1. The van der Waals surface area contributed by atoms with Crippen molar-refractivity contribution in [2.75, 3.05) is 25.5 Å². The van der Waals surface area contributed by atoms with Crippen LogP contribution in [0.25, 0.3) is 11.0 Å². The third kappa shape index (κ3) is 2.88. The average molecular weight is 269 g/mol. The molecule has 0 bridgehead atoms. The molecule has 0 aliphatic heterocycles. The van der Waals surface area contributed by atoms with Crippen LogP contribution in [0.4, 0.5) is 5.82 Å². The van der Waals surface area contributed by atoms with E-state index in [1.807, 2.05) is 0 Å². The number of hydrogen-bond donors (Lipinski definition) is 2. The second kappa shape index (κ2) is 5.49. The van der Waals surface area contributed by atoms with Gasteiger partial charge < -0.3 is 10.2 Å². The summed E-state index contributed by atoms with van der Waals surface area (Å²) >= 11 is 5.85. The van der Waals surface area contributed by atoms with Gasteiger partial charge in [-0.15, -0.1) is 0 Å². The topological polar surface area (TPSA) is 69.7 Å². The van der Waals surface area contributed by atoms with Crippen molar-refractivity contribution in [3.8, 4) is 0 Å². The fourth-order valence-corrected chi connectivity index (χ4v) is 1.72. The highest BCUT2D eigenvalue weighted by atomic mass is 35.5. The minimum absolute atomic E-state index is 0.214. The van der Waals surface area contributed by atoms with Crippen molar-refractivity contribution >= 4 is 28.5 Å². The maximum Gasteiger partial charge on any atom is 0.226 e. The van der Waals surface area contributed by atoms with Gasteiger partial charge in [-0.1, -0.05) is 0 Å². The Hall–Kier alpha value is -1.40. The van der Waals surface area contributed by atoms with E-state index >= 15 is 0 Å². The van der Waals surface area contributed by atoms with Gasteiger partial charge in [-0.05, 0) is 32.5 Å². The quantitative estimate of drug-likeness (QED) is 0.809. The number of halogens is 1. The van der Waals surface area contributed by atoms with Gasteiger partial charge in [0.25, 0.3) is 0 Å². The molecule has 0 aliphatic carbocycles. The number of nitrogens with zero attached hydrogens (tertiary/aromatic N) is 4. The predicted molar refractivity (Wildman–Crippen MR) is 72.9 cm³/mol. The molecule has 0 unspecified atom stereocenters. The van der Waals surface area contributed by atoms with Crippen LogP contribution >= 0.6 is 11.6 Å². The van der Waals surface area contributed by atoms with Crippen molar-refractivity contribution in [1.29, 1.82) is 0 Å². The Bertz CT molecular complexity index is 523. The first-order chi connectivity index (χ1) is 8.58. The lowest BCUT2D eigenvalue weighted by atomic mass is 10.3. The molecular formula is C11H17ClN6. The van der Waals surface area contributed by atoms with Gasteiger partial charge >= 0.3 is 0 Å². The Morgan fingerprint density at radius 2 is 2.22 bits per heavy atom. The molecule has 0 aromatic carbocycles. The molecule has 2 heterocycles. The van der Waals surface area contributed by atoms with E-state index in [9.17, 15) is 0 Å². The minimum Gasteiger partial charge on any atom is -0.368 e. The van der Waals surface area contributed by atoms with E-state index in [0.29, 0.717) is 11.7 Å². The zero-order valence-electron chi connectivity index (χ0n) is 10.7. The van der Waals surface area contributed by atoms with Crippen LogP contribution in [0.3, 0.4) is 0 Å². The molecule has 0 amide bonds. The number of H-pyrrole nitrogens is 1. The van der Waals surface area contributed by atoms with E-state index in [0.717, 1.165) is 24.3 Å². The molecule has 0 aliphatic rings. The normalized spacial score (nSPS) is 11.7. The molecule has 6 nitrogen and oxygen atoms in total. The Balaban J connectivity index is 2.05. The number of rotatable bonds is 5. The Morgan fingerprint density at radius 3 is 2.94 bits per heavy atom. The molecule has 0 spiro atoms. The van der Waals surface area contributed by atoms with Crippen LogP contribution in [0.2, 0.25) is 5.28 Å². The number of aromatic nitrogens is 4. The van der Waals surface area contributed by atoms with Gasteiger partial charge in [-0.3, -0.25) is 5.10 Å². The van der Waals surface area contributed by atoms with Crippen LogP contribution in [-0.2, 0) is 0 Å². The number of likely N-dealkylation sites (N-methyl/N-ethyl adjacent to an activating group) is 1. The zero-order valence-corrected chi connectivity index (χ0v) is 11.5. The van der Waals surface area contributed by atoms with E-state index in [-0.39, 0.29) is 5.28 Å². The van der Waals surface area contributed by atoms with Gasteiger partial charge in [0.05, 0.1) is 11.6 Å². The molecule has 18 heavy (non-hydrogen) atoms. The second-order valence-electron chi connectivity index (χ2n) is 4.47. The summed E-state index contributed by atoms with van der Waals surface area (Å²) in [4.78, 5) is 10.5. The molecule has 2 rings (SSSR count). The number of anilines is 1. The summed E-state index contributed by atoms with van der Waals surface area (Å²) in [5.74, 6) is 0.718. The molecule has 0 saturated carbocycles. The Labute approximate surface area is 111 Å². The van der Waals surface area contributed by atoms with Crippen molar-refractivity contribution in [1.82, 2.24) is 25.1 Å². The van der Waals surface area contributed by atoms with Crippen LogP contribution in [0, 0.1) is 0 Å². The largest absolute Gasteiger partial charge is 0.368 e. The van der Waals surface area contributed by atoms with Crippen LogP contribution < -0.4 is 5.32 Å². The van der Waals surface area contributed by atoms with Gasteiger partial charge in [-0.2, -0.15) is 15.1 Å². The number of hydrogen-bond acceptors (Lipinski definition) is 5. The fourth-order valence-electron chi connectivity index (χ4n) is 1.55. The number of nitrogens with one attached hydrogen (secondary N) is 2. The van der Waals surface area contributed by atoms with E-state index < -0.39 is 0 Å². The second-order valence-corrected chi connectivity index (χ2v) is 4.81. The molecule has 2 aromatic rings. The van der Waals surface area contributed by atoms with Crippen molar-refractivity contribution in [2.24, 2.45) is 0 Å². The zero-order chi connectivity index (χ0) is 13.1. The van der Waals surface area contributed by atoms with Crippen molar-refractivity contribution < 1.29 is 0 Å². The smallest absolute Gasteiger partial charge is 0.226 e. The summed E-state index contributed by atoms with van der Waals surface area (Å²) in [6.07, 6.45) is 1.69. The molecule has 2 aromatic heterocycles. The molecule has 98 valence electrons. The van der Waals surface area contributed by atoms with E-state index in [2.05, 4.69) is 51.3 Å². The van der Waals surface area contributed by atoms with Gasteiger partial charge in [0, 0.05) is 19.1 Å². The lowest BCUT2D eigenvalue weighted by Gasteiger charge is -2.21. The lowest BCUT2D eigenvalue weighted by Crippen LogP contribution is -2.31. The SMILES string of the molecule is CC(C)N(C)CCNc1nc(Cl)nc2[nH]ncc12. The van der Waals surface area contributed by atoms with Crippen LogP contribution in [0.1, 0.15) is 13.8 Å². The molecule has 0 atom stereocenters. The van der Waals surface area contributed by atoms with E-state index in [1.54, 1.807) is 6.20 Å². The highest BCUT2D eigenvalue weighted by molar-refractivity contribution is 6.28. The molecule has 0 saturated heterocycles. The van der Waals surface area contributed by atoms with Gasteiger partial charge in [0.1, 0.15) is 5.82 Å². The van der Waals surface area contributed by atoms with Crippen molar-refractivity contribution in [2.45, 2.75) is 19.9 Å². The number of aromatic amines is 1. The van der Waals surface area contributed by atoms with E-state index in [1.165, 1.54) is 0 Å². The molecule has 7 heteroatoms. The first kappa shape index (κ1) is 13.0. The summed E-state index contributed by atoms with van der Waals surface area (Å²) in [7, 11) is 2.09. The molecule has 0 fully saturated rings. The summed E-state index contributed by atoms with van der Waals surface area (Å²) in [6.45, 7) is 6.05. The molecule has 0 radical (unpaired) electrons. The summed E-state index contributed by atoms with van der Waals surface area (Å²) < 4.78 is 0. The van der Waals surface area contributed by atoms with Crippen LogP contribution in [0.15, 0.2) is 6.20 Å². The highest BCUT2D eigenvalue weighted by Gasteiger charge is 2.08. The number of fused-ring (bicyclic) bond motifs is 1. The van der Waals surface area contributed by atoms with Crippen LogP contribution in [-0.4, -0.2) is 51.2 Å². The van der Waals surface area contributed by atoms with Crippen LogP contribution in [0.5, 0.6) is 0 Å². The third-order valence-corrected chi connectivity index (χ3v) is 3.09. The van der Waals surface area contributed by atoms with Crippen molar-refractivity contribution in [3.63, 3.8) is 0 Å². The molecular weight excluding hydrogens is 252 g/mol. The fraction of sp³-hybridized carbons (Fsp3) is 0.545. The lowest BCUT2D eigenvalue weighted by molar-refractivity contribution is 0.284. The third-order valence-electron chi connectivity index (χ3n) is 2.92. The highest BCUT2D eigenvalue weighted by Crippen LogP contribution is 2.19. The first-order valence-corrected chi connectivity index (χ1v) is 6.26. The minimum atomic E-state index is 0.214. The van der Waals surface area contributed by atoms with Gasteiger partial charge in [0.15, 0.2) is 5.65 Å². The summed E-state index contributed by atoms with van der Waals surface area (Å²) in [5.41, 5.74) is 0.648. The first-order valence-electron chi connectivity index (χ1n) is 5.88. The Morgan fingerprint density at radius 1 is 1.44 bits per heavy atom. The Kier molecular flexibility index (Phi) is 3.98. The summed E-state index contributed by atoms with van der Waals surface area (Å²) in [6, 6.07) is 0.523. The maximum absolute atomic E-state index is 5.85. The van der Waals surface area contributed by atoms with E-state index in [4.69, 9.17) is 11.6 Å². The van der Waals surface area contributed by atoms with Gasteiger partial charge in [0.2, 0.25) is 5.28 Å². The predicted octanol–water partition coefficient (Wildman–Crippen LogP) is 1.76. The maximum atomic E-state index is 5.85. The van der Waals surface area contributed by atoms with Crippen molar-refractivity contribution in [3.05, 3.63) is 11.5 Å². The standard InChI is InChI=1S/C11H17ClN6/c1-7(2)18(3)5-4-13-9-8-6-14-17-10(8)16-11(12)15-9/h6-7H,4-5H2,1-3H3,(H2,13,14,15,16,17). The molecule has 2 N–H and O–H groups in total. The average Bonchev–Trinajstić information content (AvgIpc) is 2.76. The monoisotopic (exact) mass is 268 g/mol. The van der Waals surface area contributed by atoms with Gasteiger partial charge in [-0.25, -0.2) is 0 Å².